The molecule has 19 heavy (non-hydrogen) atoms. The van der Waals surface area contributed by atoms with Crippen molar-refractivity contribution in [3.8, 4) is 6.07 Å². The van der Waals surface area contributed by atoms with Gasteiger partial charge in [0.25, 0.3) is 5.69 Å². The molecule has 0 aromatic heterocycles. The number of carbonyl (C=O) groups excluding carboxylic acids is 1. The lowest BCUT2D eigenvalue weighted by molar-refractivity contribution is -0.384. The van der Waals surface area contributed by atoms with Crippen molar-refractivity contribution in [2.24, 2.45) is 0 Å². The molecule has 0 aliphatic heterocycles. The second kappa shape index (κ2) is 6.50. The molecule has 0 N–H and O–H groups in total. The van der Waals surface area contributed by atoms with Crippen molar-refractivity contribution in [1.82, 2.24) is 0 Å². The summed E-state index contributed by atoms with van der Waals surface area (Å²) in [6.07, 6.45) is 0.461. The lowest BCUT2D eigenvalue weighted by Gasteiger charge is -2.09. The second-order valence-corrected chi connectivity index (χ2v) is 3.84. The average molecular weight is 262 g/mol. The SMILES string of the molecule is CCOC(=O)Cc1c(C#N)cc([N+](=O)[O-])cc1CC. The van der Waals surface area contributed by atoms with Crippen LogP contribution in [0.2, 0.25) is 0 Å². The topological polar surface area (TPSA) is 93.2 Å². The summed E-state index contributed by atoms with van der Waals surface area (Å²) >= 11 is 0. The molecule has 1 aromatic rings. The van der Waals surface area contributed by atoms with Crippen molar-refractivity contribution in [3.05, 3.63) is 38.9 Å². The lowest BCUT2D eigenvalue weighted by Crippen LogP contribution is -2.11. The molecule has 6 heteroatoms. The lowest BCUT2D eigenvalue weighted by atomic mass is 9.96. The van der Waals surface area contributed by atoms with Gasteiger partial charge in [-0.25, -0.2) is 0 Å². The number of nitro benzene ring substituents is 1. The maximum Gasteiger partial charge on any atom is 0.310 e. The van der Waals surface area contributed by atoms with Crippen molar-refractivity contribution in [1.29, 1.82) is 5.26 Å². The van der Waals surface area contributed by atoms with Gasteiger partial charge in [-0.1, -0.05) is 6.92 Å². The molecule has 0 atom stereocenters. The van der Waals surface area contributed by atoms with Crippen molar-refractivity contribution in [3.63, 3.8) is 0 Å². The fourth-order valence-corrected chi connectivity index (χ4v) is 1.80. The van der Waals surface area contributed by atoms with E-state index >= 15 is 0 Å². The number of nitrogens with zero attached hydrogens (tertiary/aromatic N) is 2. The van der Waals surface area contributed by atoms with E-state index in [9.17, 15) is 14.9 Å². The van der Waals surface area contributed by atoms with Crippen LogP contribution < -0.4 is 0 Å². The zero-order chi connectivity index (χ0) is 14.4. The monoisotopic (exact) mass is 262 g/mol. The number of carbonyl (C=O) groups is 1. The van der Waals surface area contributed by atoms with Crippen LogP contribution in [0.15, 0.2) is 12.1 Å². The Balaban J connectivity index is 3.25. The fourth-order valence-electron chi connectivity index (χ4n) is 1.80. The maximum absolute atomic E-state index is 11.5. The van der Waals surface area contributed by atoms with Gasteiger partial charge >= 0.3 is 5.97 Å². The van der Waals surface area contributed by atoms with Crippen LogP contribution in [-0.4, -0.2) is 17.5 Å². The minimum absolute atomic E-state index is 0.0437. The Hall–Kier alpha value is -2.42. The standard InChI is InChI=1S/C13H14N2O4/c1-3-9-5-11(15(17)18)6-10(8-14)12(9)7-13(16)19-4-2/h5-6H,3-4,7H2,1-2H3. The molecule has 0 bridgehead atoms. The van der Waals surface area contributed by atoms with Gasteiger partial charge in [0, 0.05) is 12.1 Å². The number of aryl methyl sites for hydroxylation is 1. The normalized spacial score (nSPS) is 9.74. The number of nitriles is 1. The van der Waals surface area contributed by atoms with Crippen LogP contribution in [0.25, 0.3) is 0 Å². The largest absolute Gasteiger partial charge is 0.466 e. The fraction of sp³-hybridized carbons (Fsp3) is 0.385. The molecule has 0 saturated carbocycles. The van der Waals surface area contributed by atoms with Gasteiger partial charge in [0.05, 0.1) is 29.6 Å². The number of nitro groups is 1. The molecule has 1 aromatic carbocycles. The van der Waals surface area contributed by atoms with Crippen molar-refractivity contribution >= 4 is 11.7 Å². The van der Waals surface area contributed by atoms with Crippen LogP contribution in [0.3, 0.4) is 0 Å². The van der Waals surface area contributed by atoms with E-state index in [1.807, 2.05) is 13.0 Å². The number of non-ortho nitro benzene ring substituents is 1. The third-order valence-corrected chi connectivity index (χ3v) is 2.67. The number of rotatable bonds is 5. The molecular weight excluding hydrogens is 248 g/mol. The van der Waals surface area contributed by atoms with Crippen LogP contribution in [0.5, 0.6) is 0 Å². The van der Waals surface area contributed by atoms with Gasteiger partial charge in [-0.3, -0.25) is 14.9 Å². The predicted octanol–water partition coefficient (Wildman–Crippen LogP) is 2.13. The van der Waals surface area contributed by atoms with Crippen LogP contribution in [-0.2, 0) is 22.4 Å². The summed E-state index contributed by atoms with van der Waals surface area (Å²) < 4.78 is 4.84. The second-order valence-electron chi connectivity index (χ2n) is 3.84. The molecule has 1 rings (SSSR count). The molecular formula is C13H14N2O4. The van der Waals surface area contributed by atoms with E-state index in [0.717, 1.165) is 0 Å². The number of hydrogen-bond donors (Lipinski definition) is 0. The van der Waals surface area contributed by atoms with Crippen molar-refractivity contribution < 1.29 is 14.5 Å². The minimum atomic E-state index is -0.547. The van der Waals surface area contributed by atoms with Gasteiger partial charge in [-0.2, -0.15) is 5.26 Å². The molecule has 0 amide bonds. The van der Waals surface area contributed by atoms with E-state index in [4.69, 9.17) is 10.00 Å². The highest BCUT2D eigenvalue weighted by Crippen LogP contribution is 2.23. The molecule has 0 spiro atoms. The zero-order valence-electron chi connectivity index (χ0n) is 10.8. The summed E-state index contributed by atoms with van der Waals surface area (Å²) in [5.74, 6) is -0.442. The molecule has 0 unspecified atom stereocenters. The number of hydrogen-bond acceptors (Lipinski definition) is 5. The van der Waals surface area contributed by atoms with Gasteiger partial charge in [-0.05, 0) is 24.5 Å². The third kappa shape index (κ3) is 3.52. The van der Waals surface area contributed by atoms with Gasteiger partial charge in [0.15, 0.2) is 0 Å². The van der Waals surface area contributed by atoms with Crippen LogP contribution in [0, 0.1) is 21.4 Å². The zero-order valence-corrected chi connectivity index (χ0v) is 10.8. The first-order chi connectivity index (χ1) is 9.03. The maximum atomic E-state index is 11.5. The highest BCUT2D eigenvalue weighted by Gasteiger charge is 2.18. The Labute approximate surface area is 110 Å². The molecule has 0 aliphatic rings. The van der Waals surface area contributed by atoms with E-state index in [2.05, 4.69) is 0 Å². The first kappa shape index (κ1) is 14.6. The third-order valence-electron chi connectivity index (χ3n) is 2.67. The van der Waals surface area contributed by atoms with Crippen molar-refractivity contribution in [2.45, 2.75) is 26.7 Å². The summed E-state index contributed by atoms with van der Waals surface area (Å²) in [4.78, 5) is 21.7. The number of ether oxygens (including phenoxy) is 1. The Morgan fingerprint density at radius 1 is 1.47 bits per heavy atom. The summed E-state index contributed by atoms with van der Waals surface area (Å²) in [6, 6.07) is 4.49. The molecule has 6 nitrogen and oxygen atoms in total. The quantitative estimate of drug-likeness (QED) is 0.460. The Morgan fingerprint density at radius 2 is 2.16 bits per heavy atom. The van der Waals surface area contributed by atoms with Crippen LogP contribution >= 0.6 is 0 Å². The van der Waals surface area contributed by atoms with E-state index < -0.39 is 10.9 Å². The molecule has 100 valence electrons. The Morgan fingerprint density at radius 3 is 2.63 bits per heavy atom. The minimum Gasteiger partial charge on any atom is -0.466 e. The number of esters is 1. The molecule has 0 saturated heterocycles. The van der Waals surface area contributed by atoms with E-state index in [-0.39, 0.29) is 24.3 Å². The first-order valence-corrected chi connectivity index (χ1v) is 5.89. The van der Waals surface area contributed by atoms with Gasteiger partial charge in [-0.15, -0.1) is 0 Å². The summed E-state index contributed by atoms with van der Waals surface area (Å²) in [5, 5.41) is 19.8. The van der Waals surface area contributed by atoms with E-state index in [1.165, 1.54) is 12.1 Å². The molecule has 0 heterocycles. The highest BCUT2D eigenvalue weighted by atomic mass is 16.6. The van der Waals surface area contributed by atoms with Crippen molar-refractivity contribution in [2.75, 3.05) is 6.61 Å². The van der Waals surface area contributed by atoms with E-state index in [1.54, 1.807) is 6.92 Å². The molecule has 0 fully saturated rings. The molecule has 0 radical (unpaired) electrons. The van der Waals surface area contributed by atoms with Gasteiger partial charge in [0.1, 0.15) is 0 Å². The average Bonchev–Trinajstić information content (AvgIpc) is 2.38. The smallest absolute Gasteiger partial charge is 0.310 e. The predicted molar refractivity (Wildman–Crippen MR) is 67.5 cm³/mol. The van der Waals surface area contributed by atoms with E-state index in [0.29, 0.717) is 17.5 Å². The highest BCUT2D eigenvalue weighted by molar-refractivity contribution is 5.74. The van der Waals surface area contributed by atoms with Crippen LogP contribution in [0.4, 0.5) is 5.69 Å². The summed E-state index contributed by atoms with van der Waals surface area (Å²) in [5.41, 5.74) is 1.15. The Kier molecular flexibility index (Phi) is 5.01. The van der Waals surface area contributed by atoms with Gasteiger partial charge in [0.2, 0.25) is 0 Å². The number of benzene rings is 1. The first-order valence-electron chi connectivity index (χ1n) is 5.89. The Bertz CT molecular complexity index is 546. The summed E-state index contributed by atoms with van der Waals surface area (Å²) in [7, 11) is 0. The molecule has 0 aliphatic carbocycles. The summed E-state index contributed by atoms with van der Waals surface area (Å²) in [6.45, 7) is 3.77. The van der Waals surface area contributed by atoms with Gasteiger partial charge < -0.3 is 4.74 Å². The van der Waals surface area contributed by atoms with Crippen LogP contribution in [0.1, 0.15) is 30.5 Å².